The van der Waals surface area contributed by atoms with Crippen LogP contribution in [0.3, 0.4) is 0 Å². The van der Waals surface area contributed by atoms with Crippen LogP contribution in [0, 0.1) is 0 Å². The molecule has 1 aromatic heterocycles. The van der Waals surface area contributed by atoms with Gasteiger partial charge in [0.2, 0.25) is 11.6 Å². The van der Waals surface area contributed by atoms with Gasteiger partial charge in [0.1, 0.15) is 25.4 Å². The number of benzene rings is 1. The quantitative estimate of drug-likeness (QED) is 0.719. The van der Waals surface area contributed by atoms with Gasteiger partial charge in [0.15, 0.2) is 11.5 Å². The van der Waals surface area contributed by atoms with Crippen molar-refractivity contribution in [3.63, 3.8) is 0 Å². The third-order valence-electron chi connectivity index (χ3n) is 3.59. The first kappa shape index (κ1) is 17.2. The summed E-state index contributed by atoms with van der Waals surface area (Å²) in [6.07, 6.45) is 0.747. The molecule has 2 atom stereocenters. The van der Waals surface area contributed by atoms with Crippen LogP contribution in [0.1, 0.15) is 0 Å². The minimum atomic E-state index is -0.668. The number of fused-ring (bicyclic) bond motifs is 1. The first-order valence-corrected chi connectivity index (χ1v) is 8.02. The topological polar surface area (TPSA) is 95.0 Å². The molecule has 0 bridgehead atoms. The fraction of sp³-hybridized carbons (Fsp3) is 0.412. The van der Waals surface area contributed by atoms with E-state index in [1.807, 2.05) is 18.2 Å². The highest BCUT2D eigenvalue weighted by molar-refractivity contribution is 5.51. The number of hydrogen-bond donors (Lipinski definition) is 2. The first-order chi connectivity index (χ1) is 12.3. The Bertz CT molecular complexity index is 671. The monoisotopic (exact) mass is 347 g/mol. The lowest BCUT2D eigenvalue weighted by Gasteiger charge is -2.28. The maximum absolute atomic E-state index is 9.94. The van der Waals surface area contributed by atoms with Crippen molar-refractivity contribution in [2.24, 2.45) is 0 Å². The Balaban J connectivity index is 1.39. The van der Waals surface area contributed by atoms with Crippen LogP contribution >= 0.6 is 0 Å². The van der Waals surface area contributed by atoms with Crippen LogP contribution < -0.4 is 24.3 Å². The van der Waals surface area contributed by atoms with Crippen LogP contribution in [0.2, 0.25) is 0 Å². The van der Waals surface area contributed by atoms with Gasteiger partial charge in [-0.05, 0) is 18.2 Å². The Morgan fingerprint density at radius 1 is 1.36 bits per heavy atom. The number of ether oxygens (including phenoxy) is 4. The molecule has 0 radical (unpaired) electrons. The van der Waals surface area contributed by atoms with Gasteiger partial charge in [-0.1, -0.05) is 6.07 Å². The van der Waals surface area contributed by atoms with E-state index in [-0.39, 0.29) is 12.7 Å². The summed E-state index contributed by atoms with van der Waals surface area (Å²) in [7, 11) is 1.59. The number of methoxy groups -OCH3 is 1. The molecule has 0 spiro atoms. The fourth-order valence-corrected chi connectivity index (χ4v) is 2.40. The van der Waals surface area contributed by atoms with Gasteiger partial charge in [-0.2, -0.15) is 5.10 Å². The molecule has 25 heavy (non-hydrogen) atoms. The van der Waals surface area contributed by atoms with Crippen molar-refractivity contribution in [3.8, 4) is 23.1 Å². The highest BCUT2D eigenvalue weighted by atomic mass is 16.6. The van der Waals surface area contributed by atoms with Gasteiger partial charge < -0.3 is 29.4 Å². The molecule has 0 fully saturated rings. The zero-order chi connectivity index (χ0) is 17.5. The fourth-order valence-electron chi connectivity index (χ4n) is 2.40. The average Bonchev–Trinajstić information content (AvgIpc) is 2.66. The molecular formula is C17H21N3O5. The van der Waals surface area contributed by atoms with E-state index in [2.05, 4.69) is 15.5 Å². The second-order valence-electron chi connectivity index (χ2n) is 5.52. The van der Waals surface area contributed by atoms with Crippen LogP contribution in [0.5, 0.6) is 23.1 Å². The molecule has 2 N–H and O–H groups in total. The van der Waals surface area contributed by atoms with Gasteiger partial charge in [0, 0.05) is 25.4 Å². The molecule has 8 heteroatoms. The number of nitrogens with zero attached hydrogens (tertiary/aromatic N) is 2. The van der Waals surface area contributed by atoms with Crippen LogP contribution in [-0.2, 0) is 0 Å². The summed E-state index contributed by atoms with van der Waals surface area (Å²) < 4.78 is 22.2. The molecule has 0 saturated carbocycles. The number of para-hydroxylation sites is 1. The molecule has 0 aliphatic carbocycles. The van der Waals surface area contributed by atoms with Crippen molar-refractivity contribution >= 4 is 0 Å². The Kier molecular flexibility index (Phi) is 5.86. The predicted octanol–water partition coefficient (Wildman–Crippen LogP) is 0.654. The van der Waals surface area contributed by atoms with E-state index in [0.29, 0.717) is 42.8 Å². The molecule has 134 valence electrons. The summed E-state index contributed by atoms with van der Waals surface area (Å²) in [5.74, 6) is 2.32. The Morgan fingerprint density at radius 3 is 3.08 bits per heavy atom. The largest absolute Gasteiger partial charge is 0.493 e. The van der Waals surface area contributed by atoms with E-state index in [4.69, 9.17) is 18.9 Å². The SMILES string of the molecule is COc1cccc2c1OCC(CNCC(O)COc1cccnn1)O2. The molecule has 8 nitrogen and oxygen atoms in total. The molecule has 0 saturated heterocycles. The minimum absolute atomic E-state index is 0.133. The number of aliphatic hydroxyl groups is 1. The number of rotatable bonds is 8. The Morgan fingerprint density at radius 2 is 2.28 bits per heavy atom. The summed E-state index contributed by atoms with van der Waals surface area (Å²) in [4.78, 5) is 0. The van der Waals surface area contributed by atoms with E-state index in [1.165, 1.54) is 0 Å². The van der Waals surface area contributed by atoms with Gasteiger partial charge in [0.05, 0.1) is 7.11 Å². The lowest BCUT2D eigenvalue weighted by atomic mass is 10.2. The van der Waals surface area contributed by atoms with Crippen LogP contribution in [-0.4, -0.2) is 60.9 Å². The van der Waals surface area contributed by atoms with E-state index in [1.54, 1.807) is 25.4 Å². The molecule has 1 aromatic carbocycles. The molecule has 2 unspecified atom stereocenters. The van der Waals surface area contributed by atoms with E-state index >= 15 is 0 Å². The van der Waals surface area contributed by atoms with E-state index in [0.717, 1.165) is 0 Å². The number of hydrogen-bond acceptors (Lipinski definition) is 8. The highest BCUT2D eigenvalue weighted by Gasteiger charge is 2.23. The molecule has 1 aliphatic heterocycles. The number of aliphatic hydroxyl groups excluding tert-OH is 1. The van der Waals surface area contributed by atoms with Gasteiger partial charge in [-0.3, -0.25) is 0 Å². The standard InChI is InChI=1S/C17H21N3O5/c1-22-14-4-2-5-15-17(14)24-11-13(25-15)9-18-8-12(21)10-23-16-6-3-7-19-20-16/h2-7,12-13,18,21H,8-11H2,1H3. The molecule has 0 amide bonds. The maximum atomic E-state index is 9.94. The Hall–Kier alpha value is -2.58. The summed E-state index contributed by atoms with van der Waals surface area (Å²) in [5, 5.41) is 20.6. The predicted molar refractivity (Wildman–Crippen MR) is 89.3 cm³/mol. The van der Waals surface area contributed by atoms with Crippen molar-refractivity contribution in [2.75, 3.05) is 33.4 Å². The van der Waals surface area contributed by atoms with E-state index in [9.17, 15) is 5.11 Å². The maximum Gasteiger partial charge on any atom is 0.233 e. The average molecular weight is 347 g/mol. The number of aromatic nitrogens is 2. The van der Waals surface area contributed by atoms with Crippen molar-refractivity contribution in [1.29, 1.82) is 0 Å². The van der Waals surface area contributed by atoms with Gasteiger partial charge in [0.25, 0.3) is 0 Å². The van der Waals surface area contributed by atoms with Crippen LogP contribution in [0.15, 0.2) is 36.5 Å². The van der Waals surface area contributed by atoms with Crippen molar-refractivity contribution in [1.82, 2.24) is 15.5 Å². The zero-order valence-electron chi connectivity index (χ0n) is 13.9. The third kappa shape index (κ3) is 4.71. The van der Waals surface area contributed by atoms with Crippen molar-refractivity contribution in [2.45, 2.75) is 12.2 Å². The van der Waals surface area contributed by atoms with Gasteiger partial charge in [-0.25, -0.2) is 0 Å². The second-order valence-corrected chi connectivity index (χ2v) is 5.52. The lowest BCUT2D eigenvalue weighted by molar-refractivity contribution is 0.0751. The normalized spacial score (nSPS) is 17.0. The molecular weight excluding hydrogens is 326 g/mol. The van der Waals surface area contributed by atoms with Crippen LogP contribution in [0.4, 0.5) is 0 Å². The minimum Gasteiger partial charge on any atom is -0.493 e. The highest BCUT2D eigenvalue weighted by Crippen LogP contribution is 2.39. The van der Waals surface area contributed by atoms with Crippen LogP contribution in [0.25, 0.3) is 0 Å². The molecule has 1 aliphatic rings. The second kappa shape index (κ2) is 8.50. The summed E-state index contributed by atoms with van der Waals surface area (Å²) in [5.41, 5.74) is 0. The third-order valence-corrected chi connectivity index (χ3v) is 3.59. The van der Waals surface area contributed by atoms with Gasteiger partial charge >= 0.3 is 0 Å². The van der Waals surface area contributed by atoms with Gasteiger partial charge in [-0.15, -0.1) is 5.10 Å². The first-order valence-electron chi connectivity index (χ1n) is 8.02. The molecule has 2 heterocycles. The molecule has 2 aromatic rings. The lowest BCUT2D eigenvalue weighted by Crippen LogP contribution is -2.41. The van der Waals surface area contributed by atoms with Crippen molar-refractivity contribution in [3.05, 3.63) is 36.5 Å². The summed E-state index contributed by atoms with van der Waals surface area (Å²) in [6, 6.07) is 8.93. The van der Waals surface area contributed by atoms with E-state index < -0.39 is 6.10 Å². The molecule has 3 rings (SSSR count). The smallest absolute Gasteiger partial charge is 0.233 e. The van der Waals surface area contributed by atoms with Crippen molar-refractivity contribution < 1.29 is 24.1 Å². The zero-order valence-corrected chi connectivity index (χ0v) is 13.9. The summed E-state index contributed by atoms with van der Waals surface area (Å²) >= 11 is 0. The summed E-state index contributed by atoms with van der Waals surface area (Å²) in [6.45, 7) is 1.45. The number of nitrogens with one attached hydrogen (secondary N) is 1. The Labute approximate surface area is 145 Å².